The van der Waals surface area contributed by atoms with Crippen LogP contribution in [0.3, 0.4) is 0 Å². The third kappa shape index (κ3) is 3.88. The summed E-state index contributed by atoms with van der Waals surface area (Å²) in [6, 6.07) is 6.43. The van der Waals surface area contributed by atoms with E-state index in [2.05, 4.69) is 21.5 Å². The molecular formula is C13H13N3O2S2. The summed E-state index contributed by atoms with van der Waals surface area (Å²) in [6.07, 6.45) is 0. The van der Waals surface area contributed by atoms with Crippen LogP contribution in [0, 0.1) is 11.8 Å². The van der Waals surface area contributed by atoms with Gasteiger partial charge in [0.2, 0.25) is 10.0 Å². The molecule has 2 aromatic rings. The van der Waals surface area contributed by atoms with E-state index in [9.17, 15) is 8.42 Å². The number of aromatic nitrogens is 1. The molecule has 1 aromatic carbocycles. The Morgan fingerprint density at radius 1 is 1.40 bits per heavy atom. The van der Waals surface area contributed by atoms with Crippen LogP contribution in [-0.2, 0) is 16.6 Å². The van der Waals surface area contributed by atoms with Crippen LogP contribution in [0.15, 0.2) is 40.1 Å². The standard InChI is InChI=1S/C13H13N3O2S2/c14-6-2-4-11-3-1-5-13(7-11)20(17,18)16-8-12-9-19-10-15-12/h1,3,5,7,9-10,16H,6,8,14H2. The molecule has 0 fully saturated rings. The van der Waals surface area contributed by atoms with Gasteiger partial charge in [0.15, 0.2) is 0 Å². The number of hydrogen-bond donors (Lipinski definition) is 2. The molecule has 0 unspecified atom stereocenters. The lowest BCUT2D eigenvalue weighted by molar-refractivity contribution is 0.580. The predicted octanol–water partition coefficient (Wildman–Crippen LogP) is 0.932. The first kappa shape index (κ1) is 14.7. The van der Waals surface area contributed by atoms with Crippen molar-refractivity contribution in [3.8, 4) is 11.8 Å². The van der Waals surface area contributed by atoms with Crippen LogP contribution < -0.4 is 10.5 Å². The van der Waals surface area contributed by atoms with Gasteiger partial charge in [-0.1, -0.05) is 17.9 Å². The summed E-state index contributed by atoms with van der Waals surface area (Å²) in [5.74, 6) is 5.50. The number of benzene rings is 1. The number of rotatable bonds is 4. The van der Waals surface area contributed by atoms with Gasteiger partial charge in [0.05, 0.1) is 29.2 Å². The van der Waals surface area contributed by atoms with Crippen molar-refractivity contribution in [2.75, 3.05) is 6.54 Å². The SMILES string of the molecule is NCC#Cc1cccc(S(=O)(=O)NCc2cscn2)c1. The normalized spacial score (nSPS) is 10.8. The molecule has 0 aliphatic carbocycles. The van der Waals surface area contributed by atoms with Gasteiger partial charge in [-0.3, -0.25) is 0 Å². The van der Waals surface area contributed by atoms with Crippen LogP contribution in [0.1, 0.15) is 11.3 Å². The average molecular weight is 307 g/mol. The smallest absolute Gasteiger partial charge is 0.240 e. The van der Waals surface area contributed by atoms with E-state index >= 15 is 0 Å². The molecule has 1 aromatic heterocycles. The lowest BCUT2D eigenvalue weighted by Crippen LogP contribution is -2.23. The fourth-order valence-electron chi connectivity index (χ4n) is 1.47. The molecule has 2 rings (SSSR count). The summed E-state index contributed by atoms with van der Waals surface area (Å²) in [6.45, 7) is 0.406. The maximum Gasteiger partial charge on any atom is 0.240 e. The molecule has 0 spiro atoms. The molecule has 20 heavy (non-hydrogen) atoms. The molecule has 1 heterocycles. The zero-order valence-corrected chi connectivity index (χ0v) is 12.2. The third-order valence-corrected chi connectivity index (χ3v) is 4.44. The molecule has 0 saturated heterocycles. The number of nitrogens with one attached hydrogen (secondary N) is 1. The Morgan fingerprint density at radius 3 is 2.95 bits per heavy atom. The van der Waals surface area contributed by atoms with Crippen molar-refractivity contribution < 1.29 is 8.42 Å². The average Bonchev–Trinajstić information content (AvgIpc) is 2.97. The molecule has 104 valence electrons. The molecule has 0 radical (unpaired) electrons. The topological polar surface area (TPSA) is 85.1 Å². The Hall–Kier alpha value is -1.72. The van der Waals surface area contributed by atoms with Crippen molar-refractivity contribution in [2.24, 2.45) is 5.73 Å². The van der Waals surface area contributed by atoms with Crippen LogP contribution in [0.2, 0.25) is 0 Å². The van der Waals surface area contributed by atoms with Gasteiger partial charge in [-0.25, -0.2) is 18.1 Å². The lowest BCUT2D eigenvalue weighted by Gasteiger charge is -2.05. The zero-order valence-electron chi connectivity index (χ0n) is 10.5. The van der Waals surface area contributed by atoms with Gasteiger partial charge in [-0.05, 0) is 18.2 Å². The fourth-order valence-corrected chi connectivity index (χ4v) is 3.07. The monoisotopic (exact) mass is 307 g/mol. The Balaban J connectivity index is 2.16. The third-order valence-electron chi connectivity index (χ3n) is 2.41. The number of sulfonamides is 1. The van der Waals surface area contributed by atoms with Gasteiger partial charge < -0.3 is 5.73 Å². The molecule has 0 aliphatic rings. The summed E-state index contributed by atoms with van der Waals surface area (Å²) in [5.41, 5.74) is 8.26. The molecule has 3 N–H and O–H groups in total. The molecule has 0 atom stereocenters. The Morgan fingerprint density at radius 2 is 2.25 bits per heavy atom. The second-order valence-electron chi connectivity index (χ2n) is 3.84. The van der Waals surface area contributed by atoms with Crippen molar-refractivity contribution in [3.63, 3.8) is 0 Å². The number of thiazole rings is 1. The van der Waals surface area contributed by atoms with Crippen molar-refractivity contribution in [2.45, 2.75) is 11.4 Å². The van der Waals surface area contributed by atoms with Gasteiger partial charge in [0.25, 0.3) is 0 Å². The zero-order chi connectivity index (χ0) is 14.4. The summed E-state index contributed by atoms with van der Waals surface area (Å²) in [5, 5.41) is 1.80. The molecule has 0 bridgehead atoms. The highest BCUT2D eigenvalue weighted by molar-refractivity contribution is 7.89. The van der Waals surface area contributed by atoms with Crippen LogP contribution in [0.5, 0.6) is 0 Å². The van der Waals surface area contributed by atoms with E-state index in [0.717, 1.165) is 0 Å². The summed E-state index contributed by atoms with van der Waals surface area (Å²) in [7, 11) is -3.57. The van der Waals surface area contributed by atoms with Crippen LogP contribution in [0.4, 0.5) is 0 Å². The van der Waals surface area contributed by atoms with Crippen LogP contribution in [-0.4, -0.2) is 19.9 Å². The van der Waals surface area contributed by atoms with E-state index in [1.807, 2.05) is 0 Å². The minimum Gasteiger partial charge on any atom is -0.320 e. The van der Waals surface area contributed by atoms with Crippen molar-refractivity contribution in [1.82, 2.24) is 9.71 Å². The van der Waals surface area contributed by atoms with E-state index in [1.54, 1.807) is 23.0 Å². The second kappa shape index (κ2) is 6.63. The first-order valence-electron chi connectivity index (χ1n) is 5.77. The molecule has 0 saturated carbocycles. The number of nitrogens with two attached hydrogens (primary N) is 1. The highest BCUT2D eigenvalue weighted by Gasteiger charge is 2.14. The van der Waals surface area contributed by atoms with Crippen molar-refractivity contribution >= 4 is 21.4 Å². The quantitative estimate of drug-likeness (QED) is 0.823. The number of hydrogen-bond acceptors (Lipinski definition) is 5. The Labute approximate surface area is 121 Å². The van der Waals surface area contributed by atoms with Gasteiger partial charge in [-0.2, -0.15) is 0 Å². The second-order valence-corrected chi connectivity index (χ2v) is 6.32. The first-order valence-corrected chi connectivity index (χ1v) is 8.20. The fraction of sp³-hybridized carbons (Fsp3) is 0.154. The van der Waals surface area contributed by atoms with E-state index < -0.39 is 10.0 Å². The molecule has 7 heteroatoms. The van der Waals surface area contributed by atoms with Crippen molar-refractivity contribution in [3.05, 3.63) is 46.4 Å². The first-order chi connectivity index (χ1) is 9.62. The van der Waals surface area contributed by atoms with E-state index in [4.69, 9.17) is 5.73 Å². The van der Waals surface area contributed by atoms with Crippen LogP contribution in [0.25, 0.3) is 0 Å². The minimum absolute atomic E-state index is 0.171. The van der Waals surface area contributed by atoms with E-state index in [1.165, 1.54) is 23.5 Å². The maximum atomic E-state index is 12.1. The summed E-state index contributed by atoms with van der Waals surface area (Å²) < 4.78 is 26.8. The van der Waals surface area contributed by atoms with Gasteiger partial charge >= 0.3 is 0 Å². The highest BCUT2D eigenvalue weighted by Crippen LogP contribution is 2.11. The summed E-state index contributed by atoms with van der Waals surface area (Å²) in [4.78, 5) is 4.20. The van der Waals surface area contributed by atoms with Gasteiger partial charge in [-0.15, -0.1) is 11.3 Å². The number of nitrogens with zero attached hydrogens (tertiary/aromatic N) is 1. The molecule has 0 amide bonds. The van der Waals surface area contributed by atoms with E-state index in [0.29, 0.717) is 11.3 Å². The minimum atomic E-state index is -3.57. The van der Waals surface area contributed by atoms with Gasteiger partial charge in [0.1, 0.15) is 0 Å². The van der Waals surface area contributed by atoms with Gasteiger partial charge in [0, 0.05) is 10.9 Å². The largest absolute Gasteiger partial charge is 0.320 e. The Kier molecular flexibility index (Phi) is 4.87. The molecule has 0 aliphatic heterocycles. The van der Waals surface area contributed by atoms with Crippen LogP contribution >= 0.6 is 11.3 Å². The molecule has 5 nitrogen and oxygen atoms in total. The lowest BCUT2D eigenvalue weighted by atomic mass is 10.2. The van der Waals surface area contributed by atoms with E-state index in [-0.39, 0.29) is 18.0 Å². The highest BCUT2D eigenvalue weighted by atomic mass is 32.2. The predicted molar refractivity (Wildman–Crippen MR) is 78.5 cm³/mol. The Bertz CT molecular complexity index is 728. The maximum absolute atomic E-state index is 12.1. The molecular weight excluding hydrogens is 294 g/mol. The summed E-state index contributed by atoms with van der Waals surface area (Å²) >= 11 is 1.42. The van der Waals surface area contributed by atoms with Crippen molar-refractivity contribution in [1.29, 1.82) is 0 Å².